The van der Waals surface area contributed by atoms with Gasteiger partial charge in [0.05, 0.1) is 0 Å². The van der Waals surface area contributed by atoms with Crippen molar-refractivity contribution >= 4 is 11.7 Å². The first-order valence-corrected chi connectivity index (χ1v) is 5.21. The Labute approximate surface area is 95.2 Å². The van der Waals surface area contributed by atoms with Gasteiger partial charge in [-0.15, -0.1) is 0 Å². The Bertz CT molecular complexity index is 481. The number of hydrogen-bond acceptors (Lipinski definition) is 2. The Morgan fingerprint density at radius 3 is 2.44 bits per heavy atom. The monoisotopic (exact) mass is 214 g/mol. The van der Waals surface area contributed by atoms with E-state index in [1.807, 2.05) is 37.3 Å². The number of amidine groups is 1. The largest absolute Gasteiger partial charge is 0.435 e. The van der Waals surface area contributed by atoms with Gasteiger partial charge in [-0.05, 0) is 32.1 Å². The van der Waals surface area contributed by atoms with Gasteiger partial charge in [0.15, 0.2) is 11.6 Å². The van der Waals surface area contributed by atoms with E-state index in [9.17, 15) is 0 Å². The van der Waals surface area contributed by atoms with Gasteiger partial charge in [-0.2, -0.15) is 4.99 Å². The van der Waals surface area contributed by atoms with E-state index in [1.165, 1.54) is 5.56 Å². The van der Waals surface area contributed by atoms with Crippen molar-refractivity contribution in [1.82, 2.24) is 0 Å². The molecule has 0 unspecified atom stereocenters. The Kier molecular flexibility index (Phi) is 2.86. The lowest BCUT2D eigenvalue weighted by Gasteiger charge is -2.01. The molecule has 1 heterocycles. The standard InChI is InChI=1S/C13H14N2O/c1-4-11-12(14-3)15-13(16-11)10-7-5-9(2)6-8-10/h4-8H,1-3H3/b11-4+,14-12?. The molecule has 16 heavy (non-hydrogen) atoms. The van der Waals surface area contributed by atoms with Crippen LogP contribution in [0.25, 0.3) is 0 Å². The molecule has 1 aromatic rings. The maximum Gasteiger partial charge on any atom is 0.228 e. The van der Waals surface area contributed by atoms with Crippen LogP contribution >= 0.6 is 0 Å². The first-order valence-electron chi connectivity index (χ1n) is 5.21. The lowest BCUT2D eigenvalue weighted by Crippen LogP contribution is -2.00. The van der Waals surface area contributed by atoms with Crippen molar-refractivity contribution in [2.75, 3.05) is 7.05 Å². The highest BCUT2D eigenvalue weighted by Gasteiger charge is 2.20. The second-order valence-corrected chi connectivity index (χ2v) is 3.59. The van der Waals surface area contributed by atoms with Crippen molar-refractivity contribution < 1.29 is 4.74 Å². The minimum atomic E-state index is 0.619. The first kappa shape index (κ1) is 10.6. The molecule has 0 saturated carbocycles. The van der Waals surface area contributed by atoms with Crippen LogP contribution in [0.5, 0.6) is 0 Å². The van der Waals surface area contributed by atoms with Gasteiger partial charge >= 0.3 is 0 Å². The summed E-state index contributed by atoms with van der Waals surface area (Å²) in [5.41, 5.74) is 2.20. The fourth-order valence-electron chi connectivity index (χ4n) is 1.49. The van der Waals surface area contributed by atoms with Gasteiger partial charge in [0, 0.05) is 12.6 Å². The molecule has 0 saturated heterocycles. The highest BCUT2D eigenvalue weighted by Crippen LogP contribution is 2.17. The Balaban J connectivity index is 2.34. The quantitative estimate of drug-likeness (QED) is 0.707. The average Bonchev–Trinajstić information content (AvgIpc) is 2.73. The summed E-state index contributed by atoms with van der Waals surface area (Å²) in [4.78, 5) is 8.40. The molecule has 0 aliphatic carbocycles. The minimum absolute atomic E-state index is 0.619. The predicted octanol–water partition coefficient (Wildman–Crippen LogP) is 2.70. The van der Waals surface area contributed by atoms with Crippen molar-refractivity contribution in [1.29, 1.82) is 0 Å². The fourth-order valence-corrected chi connectivity index (χ4v) is 1.49. The molecule has 0 N–H and O–H groups in total. The summed E-state index contributed by atoms with van der Waals surface area (Å²) in [6.45, 7) is 3.96. The maximum atomic E-state index is 5.62. The second kappa shape index (κ2) is 4.31. The van der Waals surface area contributed by atoms with Crippen molar-refractivity contribution in [3.63, 3.8) is 0 Å². The highest BCUT2D eigenvalue weighted by atomic mass is 16.5. The van der Waals surface area contributed by atoms with E-state index in [2.05, 4.69) is 16.9 Å². The molecule has 82 valence electrons. The smallest absolute Gasteiger partial charge is 0.228 e. The third-order valence-corrected chi connectivity index (χ3v) is 2.41. The van der Waals surface area contributed by atoms with Gasteiger partial charge in [0.1, 0.15) is 0 Å². The van der Waals surface area contributed by atoms with E-state index in [4.69, 9.17) is 4.74 Å². The van der Waals surface area contributed by atoms with Gasteiger partial charge in [-0.25, -0.2) is 0 Å². The summed E-state index contributed by atoms with van der Waals surface area (Å²) in [6.07, 6.45) is 1.87. The van der Waals surface area contributed by atoms with Crippen LogP contribution < -0.4 is 0 Å². The number of benzene rings is 1. The molecule has 0 aromatic heterocycles. The molecular weight excluding hydrogens is 200 g/mol. The lowest BCUT2D eigenvalue weighted by atomic mass is 10.1. The molecule has 3 heteroatoms. The number of rotatable bonds is 1. The normalized spacial score (nSPS) is 20.1. The van der Waals surface area contributed by atoms with Crippen LogP contribution in [0.1, 0.15) is 18.1 Å². The van der Waals surface area contributed by atoms with Crippen LogP contribution in [0, 0.1) is 6.92 Å². The highest BCUT2D eigenvalue weighted by molar-refractivity contribution is 6.14. The van der Waals surface area contributed by atoms with Crippen molar-refractivity contribution in [2.45, 2.75) is 13.8 Å². The molecule has 0 atom stereocenters. The van der Waals surface area contributed by atoms with E-state index in [-0.39, 0.29) is 0 Å². The van der Waals surface area contributed by atoms with E-state index in [1.54, 1.807) is 7.05 Å². The van der Waals surface area contributed by atoms with Crippen LogP contribution in [-0.2, 0) is 4.74 Å². The van der Waals surface area contributed by atoms with Crippen LogP contribution in [0.15, 0.2) is 46.1 Å². The summed E-state index contributed by atoms with van der Waals surface area (Å²) in [5, 5.41) is 0. The summed E-state index contributed by atoms with van der Waals surface area (Å²) in [5.74, 6) is 1.99. The van der Waals surface area contributed by atoms with Crippen LogP contribution in [-0.4, -0.2) is 18.8 Å². The number of aryl methyl sites for hydroxylation is 1. The molecule has 1 aliphatic heterocycles. The topological polar surface area (TPSA) is 34.0 Å². The number of ether oxygens (including phenoxy) is 1. The summed E-state index contributed by atoms with van der Waals surface area (Å²) in [6, 6.07) is 8.08. The van der Waals surface area contributed by atoms with Gasteiger partial charge < -0.3 is 4.74 Å². The van der Waals surface area contributed by atoms with Gasteiger partial charge in [-0.3, -0.25) is 4.99 Å². The maximum absolute atomic E-state index is 5.62. The summed E-state index contributed by atoms with van der Waals surface area (Å²) < 4.78 is 5.62. The van der Waals surface area contributed by atoms with Gasteiger partial charge in [-0.1, -0.05) is 17.7 Å². The third-order valence-electron chi connectivity index (χ3n) is 2.41. The third kappa shape index (κ3) is 1.89. The molecule has 0 amide bonds. The van der Waals surface area contributed by atoms with Crippen LogP contribution in [0.4, 0.5) is 0 Å². The number of hydrogen-bond donors (Lipinski definition) is 0. The fraction of sp³-hybridized carbons (Fsp3) is 0.231. The molecule has 0 radical (unpaired) electrons. The molecule has 2 rings (SSSR count). The van der Waals surface area contributed by atoms with Crippen molar-refractivity contribution in [2.24, 2.45) is 9.98 Å². The van der Waals surface area contributed by atoms with Crippen LogP contribution in [0.2, 0.25) is 0 Å². The predicted molar refractivity (Wildman–Crippen MR) is 65.9 cm³/mol. The Morgan fingerprint density at radius 1 is 1.25 bits per heavy atom. The summed E-state index contributed by atoms with van der Waals surface area (Å²) in [7, 11) is 1.71. The van der Waals surface area contributed by atoms with E-state index < -0.39 is 0 Å². The molecule has 1 aromatic carbocycles. The Morgan fingerprint density at radius 2 is 1.94 bits per heavy atom. The molecule has 0 spiro atoms. The second-order valence-electron chi connectivity index (χ2n) is 3.59. The molecule has 0 fully saturated rings. The van der Waals surface area contributed by atoms with Gasteiger partial charge in [0.25, 0.3) is 0 Å². The lowest BCUT2D eigenvalue weighted by molar-refractivity contribution is 0.459. The molecular formula is C13H14N2O. The zero-order valence-corrected chi connectivity index (χ0v) is 9.69. The van der Waals surface area contributed by atoms with E-state index in [0.29, 0.717) is 11.7 Å². The van der Waals surface area contributed by atoms with Gasteiger partial charge in [0.2, 0.25) is 5.90 Å². The van der Waals surface area contributed by atoms with Crippen molar-refractivity contribution in [3.05, 3.63) is 47.2 Å². The average molecular weight is 214 g/mol. The van der Waals surface area contributed by atoms with E-state index in [0.717, 1.165) is 11.3 Å². The summed E-state index contributed by atoms with van der Waals surface area (Å²) >= 11 is 0. The zero-order valence-electron chi connectivity index (χ0n) is 9.69. The number of allylic oxidation sites excluding steroid dienone is 1. The molecule has 3 nitrogen and oxygen atoms in total. The van der Waals surface area contributed by atoms with E-state index >= 15 is 0 Å². The zero-order chi connectivity index (χ0) is 11.5. The number of nitrogens with zero attached hydrogens (tertiary/aromatic N) is 2. The Hall–Kier alpha value is -1.90. The molecule has 0 bridgehead atoms. The first-order chi connectivity index (χ1) is 7.74. The minimum Gasteiger partial charge on any atom is -0.435 e. The SMILES string of the molecule is C/C=C1/OC(c2ccc(C)cc2)=NC1=NC. The van der Waals surface area contributed by atoms with Crippen LogP contribution in [0.3, 0.4) is 0 Å². The molecule has 1 aliphatic rings. The number of aliphatic imine (C=N–C) groups is 2. The van der Waals surface area contributed by atoms with Crippen molar-refractivity contribution in [3.8, 4) is 0 Å².